The smallest absolute Gasteiger partial charge is 0.250 e. The third kappa shape index (κ3) is 6.43. The molecule has 1 saturated carbocycles. The molecule has 2 heteroatoms. The molecule has 1 N–H and O–H groups in total. The van der Waals surface area contributed by atoms with Gasteiger partial charge in [-0.25, -0.2) is 0 Å². The van der Waals surface area contributed by atoms with Gasteiger partial charge in [-0.3, -0.25) is 4.79 Å². The molecule has 0 aromatic rings. The Morgan fingerprint density at radius 3 is 2.70 bits per heavy atom. The van der Waals surface area contributed by atoms with Crippen molar-refractivity contribution in [3.8, 4) is 0 Å². The maximum Gasteiger partial charge on any atom is 0.250 e. The van der Waals surface area contributed by atoms with Crippen LogP contribution in [0.15, 0.2) is 59.8 Å². The van der Waals surface area contributed by atoms with Crippen LogP contribution in [0.4, 0.5) is 0 Å². The molecular formula is C21H33NO. The van der Waals surface area contributed by atoms with E-state index in [2.05, 4.69) is 47.8 Å². The minimum absolute atomic E-state index is 0. The predicted molar refractivity (Wildman–Crippen MR) is 102 cm³/mol. The summed E-state index contributed by atoms with van der Waals surface area (Å²) in [5.74, 6) is 1.41. The molecule has 0 bridgehead atoms. The highest BCUT2D eigenvalue weighted by Crippen LogP contribution is 2.44. The average molecular weight is 316 g/mol. The van der Waals surface area contributed by atoms with E-state index in [0.717, 1.165) is 18.4 Å². The van der Waals surface area contributed by atoms with Crippen molar-refractivity contribution in [2.45, 2.75) is 47.0 Å². The summed E-state index contributed by atoms with van der Waals surface area (Å²) < 4.78 is 0. The van der Waals surface area contributed by atoms with Crippen LogP contribution in [-0.2, 0) is 4.79 Å². The van der Waals surface area contributed by atoms with Crippen molar-refractivity contribution < 1.29 is 6.22 Å². The number of hydrogen-bond acceptors (Lipinski definition) is 1. The summed E-state index contributed by atoms with van der Waals surface area (Å²) >= 11 is 0. The van der Waals surface area contributed by atoms with Crippen molar-refractivity contribution in [3.05, 3.63) is 59.8 Å². The fourth-order valence-electron chi connectivity index (χ4n) is 2.53. The Balaban J connectivity index is 0.000000987. The summed E-state index contributed by atoms with van der Waals surface area (Å²) in [5, 5.41) is 3.00. The van der Waals surface area contributed by atoms with Crippen molar-refractivity contribution in [2.24, 2.45) is 11.8 Å². The predicted octanol–water partition coefficient (Wildman–Crippen LogP) is 5.37. The van der Waals surface area contributed by atoms with E-state index in [0.29, 0.717) is 18.4 Å². The maximum absolute atomic E-state index is 12.0. The van der Waals surface area contributed by atoms with Gasteiger partial charge in [0.05, 0.1) is 0 Å². The Hall–Kier alpha value is -1.83. The molecule has 0 saturated heterocycles. The fourth-order valence-corrected chi connectivity index (χ4v) is 2.53. The van der Waals surface area contributed by atoms with Crippen LogP contribution in [0, 0.1) is 11.8 Å². The molecule has 2 atom stereocenters. The van der Waals surface area contributed by atoms with Gasteiger partial charge in [-0.2, -0.15) is 0 Å². The molecule has 1 amide bonds. The average Bonchev–Trinajstić information content (AvgIpc) is 3.41. The molecule has 2 nitrogen and oxygen atoms in total. The van der Waals surface area contributed by atoms with Crippen LogP contribution in [0.5, 0.6) is 0 Å². The largest absolute Gasteiger partial charge is 0.352 e. The second kappa shape index (κ2) is 10.8. The number of nitrogens with one attached hydrogen (secondary N) is 1. The van der Waals surface area contributed by atoms with E-state index in [1.165, 1.54) is 12.0 Å². The van der Waals surface area contributed by atoms with Crippen LogP contribution >= 0.6 is 0 Å². The van der Waals surface area contributed by atoms with Crippen molar-refractivity contribution in [1.29, 1.82) is 0 Å². The number of amides is 1. The van der Waals surface area contributed by atoms with Crippen LogP contribution in [0.25, 0.3) is 0 Å². The van der Waals surface area contributed by atoms with E-state index < -0.39 is 0 Å². The number of carbonyl (C=O) groups is 1. The lowest BCUT2D eigenvalue weighted by atomic mass is 10.1. The number of rotatable bonds is 4. The molecule has 0 heterocycles. The van der Waals surface area contributed by atoms with Gasteiger partial charge in [0.1, 0.15) is 0 Å². The zero-order chi connectivity index (χ0) is 17.1. The summed E-state index contributed by atoms with van der Waals surface area (Å²) in [6, 6.07) is 0. The Labute approximate surface area is 143 Å². The number of carbonyl (C=O) groups excluding carboxylic acids is 1. The van der Waals surface area contributed by atoms with Crippen molar-refractivity contribution in [1.82, 2.24) is 5.32 Å². The van der Waals surface area contributed by atoms with Crippen molar-refractivity contribution in [3.63, 3.8) is 0 Å². The fraction of sp³-hybridized carbons (Fsp3) is 0.476. The molecule has 3 aliphatic carbocycles. The van der Waals surface area contributed by atoms with Crippen molar-refractivity contribution in [2.75, 3.05) is 6.54 Å². The molecule has 0 aromatic heterocycles. The summed E-state index contributed by atoms with van der Waals surface area (Å²) in [4.78, 5) is 12.0. The zero-order valence-electron chi connectivity index (χ0n) is 15.0. The first-order valence-corrected chi connectivity index (χ1v) is 9.03. The van der Waals surface area contributed by atoms with Gasteiger partial charge in [0.2, 0.25) is 0 Å². The molecule has 0 spiro atoms. The first-order valence-electron chi connectivity index (χ1n) is 9.03. The first kappa shape index (κ1) is 19.2. The second-order valence-electron chi connectivity index (χ2n) is 5.36. The topological polar surface area (TPSA) is 29.1 Å². The molecule has 1 fully saturated rings. The van der Waals surface area contributed by atoms with Gasteiger partial charge < -0.3 is 5.32 Å². The van der Waals surface area contributed by atoms with Crippen LogP contribution in [0.3, 0.4) is 0 Å². The molecule has 3 rings (SSSR count). The summed E-state index contributed by atoms with van der Waals surface area (Å²) in [6.45, 7) is 8.70. The highest BCUT2D eigenvalue weighted by Gasteiger charge is 2.35. The summed E-state index contributed by atoms with van der Waals surface area (Å²) in [5.41, 5.74) is 2.11. The Bertz CT molecular complexity index is 526. The molecule has 0 aromatic carbocycles. The molecular weight excluding hydrogens is 282 g/mol. The van der Waals surface area contributed by atoms with Crippen LogP contribution in [0.1, 0.15) is 48.4 Å². The van der Waals surface area contributed by atoms with E-state index in [4.69, 9.17) is 0 Å². The maximum atomic E-state index is 12.0. The van der Waals surface area contributed by atoms with E-state index >= 15 is 0 Å². The van der Waals surface area contributed by atoms with Gasteiger partial charge in [-0.05, 0) is 36.7 Å². The monoisotopic (exact) mass is 315 g/mol. The van der Waals surface area contributed by atoms with E-state index in [-0.39, 0.29) is 7.33 Å². The third-order valence-corrected chi connectivity index (χ3v) is 3.82. The van der Waals surface area contributed by atoms with Gasteiger partial charge in [0.25, 0.3) is 5.91 Å². The van der Waals surface area contributed by atoms with Crippen LogP contribution in [-0.4, -0.2) is 12.5 Å². The number of fused-ring (bicyclic) bond motifs is 1. The quantitative estimate of drug-likeness (QED) is 0.743. The van der Waals surface area contributed by atoms with Gasteiger partial charge in [-0.1, -0.05) is 76.3 Å². The minimum atomic E-state index is 0. The third-order valence-electron chi connectivity index (χ3n) is 3.82. The second-order valence-corrected chi connectivity index (χ2v) is 5.36. The molecule has 3 aliphatic rings. The molecule has 0 radical (unpaired) electrons. The van der Waals surface area contributed by atoms with Gasteiger partial charge in [0.15, 0.2) is 0 Å². The first-order chi connectivity index (χ1) is 11.3. The van der Waals surface area contributed by atoms with Crippen molar-refractivity contribution >= 4 is 5.91 Å². The lowest BCUT2D eigenvalue weighted by Gasteiger charge is -2.08. The highest BCUT2D eigenvalue weighted by molar-refractivity contribution is 5.96. The van der Waals surface area contributed by atoms with Gasteiger partial charge >= 0.3 is 0 Å². The molecule has 0 aliphatic heterocycles. The minimum Gasteiger partial charge on any atom is -0.352 e. The molecule has 23 heavy (non-hydrogen) atoms. The lowest BCUT2D eigenvalue weighted by Crippen LogP contribution is -2.26. The normalized spacial score (nSPS) is 23.0. The van der Waals surface area contributed by atoms with E-state index in [1.54, 1.807) is 0 Å². The lowest BCUT2D eigenvalue weighted by molar-refractivity contribution is -0.117. The standard InChI is InChI=1S/C17H19NO.2C2H6.H2/c19-17(15-8-7-14-11-16(14)12-15)18-10-9-13-5-3-1-2-4-6-13;2*1-2;/h1,3-8,12,14,16H,2,9-11H2,(H,18,19);2*1-2H3;1H. The Morgan fingerprint density at radius 1 is 1.17 bits per heavy atom. The number of allylic oxidation sites excluding steroid dienone is 7. The molecule has 128 valence electrons. The summed E-state index contributed by atoms with van der Waals surface area (Å²) in [6.07, 6.45) is 20.0. The Kier molecular flexibility index (Phi) is 9.04. The zero-order valence-corrected chi connectivity index (χ0v) is 15.0. The van der Waals surface area contributed by atoms with E-state index in [9.17, 15) is 4.79 Å². The highest BCUT2D eigenvalue weighted by atomic mass is 16.1. The van der Waals surface area contributed by atoms with Crippen LogP contribution in [0.2, 0.25) is 0 Å². The van der Waals surface area contributed by atoms with Crippen LogP contribution < -0.4 is 5.32 Å². The van der Waals surface area contributed by atoms with Gasteiger partial charge in [0, 0.05) is 13.5 Å². The Morgan fingerprint density at radius 2 is 1.96 bits per heavy atom. The van der Waals surface area contributed by atoms with E-state index in [1.807, 2.05) is 33.8 Å². The summed E-state index contributed by atoms with van der Waals surface area (Å²) in [7, 11) is 0. The SMILES string of the molecule is CC.CC.O=C(NCCC1=CC=CCC=C1)C1=CC2CC2C=C1.[HH]. The molecule has 2 unspecified atom stereocenters. The number of hydrogen-bond donors (Lipinski definition) is 1. The van der Waals surface area contributed by atoms with Gasteiger partial charge in [-0.15, -0.1) is 0 Å².